The van der Waals surface area contributed by atoms with Crippen molar-refractivity contribution < 1.29 is 23.7 Å². The first-order valence-corrected chi connectivity index (χ1v) is 14.9. The van der Waals surface area contributed by atoms with Crippen LogP contribution in [-0.2, 0) is 10.3 Å². The smallest absolute Gasteiger partial charge is 0.195 e. The number of hydrogen-bond acceptors (Lipinski definition) is 6. The van der Waals surface area contributed by atoms with Crippen LogP contribution in [-0.4, -0.2) is 46.3 Å². The Kier molecular flexibility index (Phi) is 6.20. The van der Waals surface area contributed by atoms with Gasteiger partial charge < -0.3 is 23.8 Å². The van der Waals surface area contributed by atoms with Gasteiger partial charge in [-0.1, -0.05) is 54.6 Å². The molecule has 1 aliphatic carbocycles. The predicted octanol–water partition coefficient (Wildman–Crippen LogP) is 7.25. The molecule has 0 N–H and O–H groups in total. The minimum absolute atomic E-state index is 0.0294. The largest absolute Gasteiger partial charge is 0.497 e. The molecule has 1 saturated heterocycles. The lowest BCUT2D eigenvalue weighted by Gasteiger charge is -2.37. The summed E-state index contributed by atoms with van der Waals surface area (Å²) in [6.45, 7) is 3.01. The molecule has 44 heavy (non-hydrogen) atoms. The van der Waals surface area contributed by atoms with Crippen LogP contribution in [0.25, 0.3) is 28.0 Å². The predicted molar refractivity (Wildman–Crippen MR) is 172 cm³/mol. The summed E-state index contributed by atoms with van der Waals surface area (Å²) in [5.74, 6) is 2.26. The van der Waals surface area contributed by atoms with Crippen molar-refractivity contribution in [1.29, 1.82) is 0 Å². The van der Waals surface area contributed by atoms with Crippen LogP contribution in [0.1, 0.15) is 32.6 Å². The maximum absolute atomic E-state index is 14.3. The molecule has 0 aromatic heterocycles. The van der Waals surface area contributed by atoms with Crippen LogP contribution in [0, 0.1) is 0 Å². The minimum atomic E-state index is -0.944. The van der Waals surface area contributed by atoms with Crippen LogP contribution in [0.4, 0.5) is 5.69 Å². The Morgan fingerprint density at radius 1 is 0.727 bits per heavy atom. The van der Waals surface area contributed by atoms with Gasteiger partial charge >= 0.3 is 0 Å². The van der Waals surface area contributed by atoms with Gasteiger partial charge in [-0.25, -0.2) is 0 Å². The molecule has 3 aliphatic rings. The molecule has 0 spiro atoms. The Hall–Kier alpha value is -5.07. The lowest BCUT2D eigenvalue weighted by molar-refractivity contribution is 0.104. The summed E-state index contributed by atoms with van der Waals surface area (Å²) in [6.07, 6.45) is 4.15. The topological polar surface area (TPSA) is 57.2 Å². The summed E-state index contributed by atoms with van der Waals surface area (Å²) < 4.78 is 23.7. The number of hydrogen-bond donors (Lipinski definition) is 0. The number of morpholine rings is 1. The van der Waals surface area contributed by atoms with Gasteiger partial charge in [0.25, 0.3) is 0 Å². The molecule has 1 fully saturated rings. The number of rotatable bonds is 5. The molecule has 5 aromatic rings. The van der Waals surface area contributed by atoms with E-state index in [4.69, 9.17) is 18.9 Å². The number of ketones is 1. The second-order valence-electron chi connectivity index (χ2n) is 11.3. The number of nitrogens with zero attached hydrogens (tertiary/aromatic N) is 1. The summed E-state index contributed by atoms with van der Waals surface area (Å²) in [5, 5.41) is 1.97. The third-order valence-corrected chi connectivity index (χ3v) is 9.11. The third-order valence-electron chi connectivity index (χ3n) is 9.11. The first-order chi connectivity index (χ1) is 21.6. The molecule has 218 valence electrons. The number of carbonyl (C=O) groups is 1. The van der Waals surface area contributed by atoms with E-state index in [0.717, 1.165) is 74.4 Å². The molecule has 0 atom stereocenters. The molecule has 2 aliphatic heterocycles. The quantitative estimate of drug-likeness (QED) is 0.214. The number of fused-ring (bicyclic) bond motifs is 8. The van der Waals surface area contributed by atoms with Crippen LogP contribution in [0.2, 0.25) is 0 Å². The van der Waals surface area contributed by atoms with Crippen molar-refractivity contribution in [3.8, 4) is 28.4 Å². The van der Waals surface area contributed by atoms with E-state index in [0.29, 0.717) is 24.5 Å². The highest BCUT2D eigenvalue weighted by molar-refractivity contribution is 6.29. The van der Waals surface area contributed by atoms with Crippen LogP contribution >= 0.6 is 0 Å². The molecule has 0 bridgehead atoms. The van der Waals surface area contributed by atoms with Crippen molar-refractivity contribution in [2.24, 2.45) is 0 Å². The van der Waals surface area contributed by atoms with E-state index in [1.165, 1.54) is 0 Å². The molecular formula is C38H31NO5. The molecule has 6 nitrogen and oxygen atoms in total. The SMILES string of the molecule is COc1ccc(C2(c3ccc(OC)cc3)C=Cc3c4c(c5ccccc5c3O2)-c2ccc(N3CCOCC3)cc2C4=O)cc1. The maximum atomic E-state index is 14.3. The van der Waals surface area contributed by atoms with Crippen molar-refractivity contribution in [3.63, 3.8) is 0 Å². The Morgan fingerprint density at radius 2 is 1.36 bits per heavy atom. The number of anilines is 1. The Labute approximate surface area is 256 Å². The summed E-state index contributed by atoms with van der Waals surface area (Å²) in [5.41, 5.74) is 6.18. The first kappa shape index (κ1) is 26.5. The highest BCUT2D eigenvalue weighted by atomic mass is 16.5. The normalized spacial score (nSPS) is 16.2. The molecule has 0 radical (unpaired) electrons. The number of carbonyl (C=O) groups excluding carboxylic acids is 1. The van der Waals surface area contributed by atoms with Gasteiger partial charge in [0.05, 0.1) is 27.4 Å². The lowest BCUT2D eigenvalue weighted by Crippen LogP contribution is -2.36. The Morgan fingerprint density at radius 3 is 2.00 bits per heavy atom. The first-order valence-electron chi connectivity index (χ1n) is 14.9. The average Bonchev–Trinajstić information content (AvgIpc) is 3.40. The summed E-state index contributed by atoms with van der Waals surface area (Å²) in [7, 11) is 3.32. The molecule has 8 rings (SSSR count). The van der Waals surface area contributed by atoms with Crippen molar-refractivity contribution in [3.05, 3.63) is 125 Å². The molecule has 5 aromatic carbocycles. The van der Waals surface area contributed by atoms with Crippen molar-refractivity contribution in [1.82, 2.24) is 0 Å². The van der Waals surface area contributed by atoms with Crippen molar-refractivity contribution >= 4 is 28.3 Å². The molecule has 0 saturated carbocycles. The number of benzene rings is 5. The Bertz CT molecular complexity index is 1910. The molecule has 0 unspecified atom stereocenters. The number of ether oxygens (including phenoxy) is 4. The fourth-order valence-corrected chi connectivity index (χ4v) is 6.85. The van der Waals surface area contributed by atoms with E-state index in [1.54, 1.807) is 14.2 Å². The average molecular weight is 582 g/mol. The fourth-order valence-electron chi connectivity index (χ4n) is 6.85. The third kappa shape index (κ3) is 3.95. The van der Waals surface area contributed by atoms with Crippen LogP contribution in [0.5, 0.6) is 17.2 Å². The minimum Gasteiger partial charge on any atom is -0.497 e. The molecule has 0 amide bonds. The summed E-state index contributed by atoms with van der Waals surface area (Å²) in [4.78, 5) is 16.6. The van der Waals surface area contributed by atoms with Crippen LogP contribution in [0.3, 0.4) is 0 Å². The monoisotopic (exact) mass is 581 g/mol. The molecular weight excluding hydrogens is 550 g/mol. The van der Waals surface area contributed by atoms with Gasteiger partial charge in [-0.05, 0) is 59.5 Å². The van der Waals surface area contributed by atoms with E-state index in [2.05, 4.69) is 47.4 Å². The van der Waals surface area contributed by atoms with Gasteiger partial charge in [-0.2, -0.15) is 0 Å². The standard InChI is InChI=1S/C38H31NO5/c1-41-27-12-7-24(8-13-27)38(25-9-14-28(42-2)15-10-25)18-17-32-35-34(29-5-3-4-6-31(29)37(32)44-38)30-16-11-26(23-33(30)36(35)40)39-19-21-43-22-20-39/h3-18,23H,19-22H2,1-2H3. The van der Waals surface area contributed by atoms with Gasteiger partial charge in [-0.3, -0.25) is 4.79 Å². The zero-order valence-corrected chi connectivity index (χ0v) is 24.6. The van der Waals surface area contributed by atoms with Crippen LogP contribution in [0.15, 0.2) is 97.1 Å². The van der Waals surface area contributed by atoms with Crippen molar-refractivity contribution in [2.45, 2.75) is 5.60 Å². The van der Waals surface area contributed by atoms with E-state index >= 15 is 0 Å². The van der Waals surface area contributed by atoms with E-state index < -0.39 is 5.60 Å². The highest BCUT2D eigenvalue weighted by Gasteiger charge is 2.41. The second-order valence-corrected chi connectivity index (χ2v) is 11.3. The van der Waals surface area contributed by atoms with E-state index in [1.807, 2.05) is 60.7 Å². The Balaban J connectivity index is 1.33. The zero-order chi connectivity index (χ0) is 29.8. The maximum Gasteiger partial charge on any atom is 0.195 e. The second kappa shape index (κ2) is 10.3. The van der Waals surface area contributed by atoms with Crippen molar-refractivity contribution in [2.75, 3.05) is 45.4 Å². The van der Waals surface area contributed by atoms with Gasteiger partial charge in [0.2, 0.25) is 0 Å². The number of methoxy groups -OCH3 is 2. The fraction of sp³-hybridized carbons (Fsp3) is 0.184. The molecule has 2 heterocycles. The van der Waals surface area contributed by atoms with Gasteiger partial charge in [0, 0.05) is 57.5 Å². The lowest BCUT2D eigenvalue weighted by atomic mass is 9.82. The summed E-state index contributed by atoms with van der Waals surface area (Å²) in [6, 6.07) is 30.4. The summed E-state index contributed by atoms with van der Waals surface area (Å²) >= 11 is 0. The van der Waals surface area contributed by atoms with Gasteiger partial charge in [-0.15, -0.1) is 0 Å². The molecule has 6 heteroatoms. The van der Waals surface area contributed by atoms with Gasteiger partial charge in [0.1, 0.15) is 17.2 Å². The van der Waals surface area contributed by atoms with E-state index in [9.17, 15) is 4.79 Å². The zero-order valence-electron chi connectivity index (χ0n) is 24.6. The highest BCUT2D eigenvalue weighted by Crippen LogP contribution is 2.53. The van der Waals surface area contributed by atoms with E-state index in [-0.39, 0.29) is 5.78 Å². The van der Waals surface area contributed by atoms with Gasteiger partial charge in [0.15, 0.2) is 11.4 Å². The van der Waals surface area contributed by atoms with Crippen LogP contribution < -0.4 is 19.1 Å².